The van der Waals surface area contributed by atoms with Crippen molar-refractivity contribution in [2.24, 2.45) is 0 Å². The Morgan fingerprint density at radius 2 is 1.44 bits per heavy atom. The SMILES string of the molecule is O=[N+]([O-])c1ccc(Oc2ccc(CNNc3ccccc3)cc2)cc1. The van der Waals surface area contributed by atoms with E-state index >= 15 is 0 Å². The van der Waals surface area contributed by atoms with Gasteiger partial charge in [-0.25, -0.2) is 5.43 Å². The van der Waals surface area contributed by atoms with Crippen LogP contribution in [0.3, 0.4) is 0 Å². The van der Waals surface area contributed by atoms with Crippen LogP contribution in [0.25, 0.3) is 0 Å². The monoisotopic (exact) mass is 335 g/mol. The average Bonchev–Trinajstić information content (AvgIpc) is 2.64. The molecule has 0 aliphatic carbocycles. The third-order valence-electron chi connectivity index (χ3n) is 3.51. The van der Waals surface area contributed by atoms with Crippen LogP contribution in [0.2, 0.25) is 0 Å². The molecule has 0 radical (unpaired) electrons. The molecule has 25 heavy (non-hydrogen) atoms. The molecule has 0 aliphatic rings. The number of anilines is 1. The summed E-state index contributed by atoms with van der Waals surface area (Å²) in [6, 6.07) is 23.5. The fourth-order valence-electron chi connectivity index (χ4n) is 2.22. The van der Waals surface area contributed by atoms with Gasteiger partial charge in [0.1, 0.15) is 11.5 Å². The van der Waals surface area contributed by atoms with E-state index in [0.29, 0.717) is 18.0 Å². The minimum atomic E-state index is -0.435. The summed E-state index contributed by atoms with van der Waals surface area (Å²) in [5, 5.41) is 10.6. The minimum absolute atomic E-state index is 0.0414. The molecule has 2 N–H and O–H groups in total. The van der Waals surface area contributed by atoms with E-state index in [1.165, 1.54) is 12.1 Å². The van der Waals surface area contributed by atoms with Gasteiger partial charge in [0.25, 0.3) is 5.69 Å². The standard InChI is InChI=1S/C19H17N3O3/c23-22(24)17-8-12-19(13-9-17)25-18-10-6-15(7-11-18)14-20-21-16-4-2-1-3-5-16/h1-13,20-21H,14H2. The molecule has 3 aromatic rings. The predicted molar refractivity (Wildman–Crippen MR) is 96.5 cm³/mol. The summed E-state index contributed by atoms with van der Waals surface area (Å²) >= 11 is 0. The van der Waals surface area contributed by atoms with Gasteiger partial charge in [-0.3, -0.25) is 10.1 Å². The topological polar surface area (TPSA) is 76.4 Å². The van der Waals surface area contributed by atoms with Crippen LogP contribution in [0.1, 0.15) is 5.56 Å². The van der Waals surface area contributed by atoms with Crippen molar-refractivity contribution < 1.29 is 9.66 Å². The molecule has 3 aromatic carbocycles. The fraction of sp³-hybridized carbons (Fsp3) is 0.0526. The number of rotatable bonds is 7. The first-order chi connectivity index (χ1) is 12.2. The largest absolute Gasteiger partial charge is 0.457 e. The molecule has 0 amide bonds. The second-order valence-corrected chi connectivity index (χ2v) is 5.34. The van der Waals surface area contributed by atoms with Gasteiger partial charge in [0.2, 0.25) is 0 Å². The van der Waals surface area contributed by atoms with E-state index < -0.39 is 4.92 Å². The number of ether oxygens (including phenoxy) is 1. The lowest BCUT2D eigenvalue weighted by atomic mass is 10.2. The van der Waals surface area contributed by atoms with Crippen molar-refractivity contribution in [2.75, 3.05) is 5.43 Å². The van der Waals surface area contributed by atoms with Gasteiger partial charge in [0, 0.05) is 24.4 Å². The smallest absolute Gasteiger partial charge is 0.269 e. The number of nitro groups is 1. The van der Waals surface area contributed by atoms with E-state index in [4.69, 9.17) is 4.74 Å². The van der Waals surface area contributed by atoms with Gasteiger partial charge in [-0.2, -0.15) is 0 Å². The third-order valence-corrected chi connectivity index (χ3v) is 3.51. The molecular weight excluding hydrogens is 318 g/mol. The number of nitrogens with zero attached hydrogens (tertiary/aromatic N) is 1. The van der Waals surface area contributed by atoms with E-state index in [1.807, 2.05) is 54.6 Å². The van der Waals surface area contributed by atoms with Crippen molar-refractivity contribution in [2.45, 2.75) is 6.54 Å². The average molecular weight is 335 g/mol. The molecule has 6 heteroatoms. The summed E-state index contributed by atoms with van der Waals surface area (Å²) in [6.45, 7) is 0.659. The van der Waals surface area contributed by atoms with Gasteiger partial charge in [0.15, 0.2) is 0 Å². The van der Waals surface area contributed by atoms with Gasteiger partial charge in [0.05, 0.1) is 4.92 Å². The van der Waals surface area contributed by atoms with Crippen LogP contribution in [0.5, 0.6) is 11.5 Å². The molecule has 0 unspecified atom stereocenters. The Labute approximate surface area is 145 Å². The number of hydrazine groups is 1. The van der Waals surface area contributed by atoms with Gasteiger partial charge < -0.3 is 10.2 Å². The molecule has 3 rings (SSSR count). The van der Waals surface area contributed by atoms with Crippen LogP contribution in [0.4, 0.5) is 11.4 Å². The van der Waals surface area contributed by atoms with Gasteiger partial charge >= 0.3 is 0 Å². The molecule has 0 fully saturated rings. The minimum Gasteiger partial charge on any atom is -0.457 e. The maximum atomic E-state index is 10.6. The Bertz CT molecular complexity index is 819. The number of nitro benzene ring substituents is 1. The van der Waals surface area contributed by atoms with Crippen molar-refractivity contribution >= 4 is 11.4 Å². The number of non-ortho nitro benzene ring substituents is 1. The number of benzene rings is 3. The quantitative estimate of drug-likeness (QED) is 0.491. The van der Waals surface area contributed by atoms with Crippen molar-refractivity contribution in [1.82, 2.24) is 5.43 Å². The van der Waals surface area contributed by atoms with Crippen LogP contribution in [-0.4, -0.2) is 4.92 Å². The van der Waals surface area contributed by atoms with E-state index in [-0.39, 0.29) is 5.69 Å². The maximum absolute atomic E-state index is 10.6. The Kier molecular flexibility index (Phi) is 5.23. The molecule has 0 aromatic heterocycles. The van der Waals surface area contributed by atoms with Crippen molar-refractivity contribution in [3.8, 4) is 11.5 Å². The zero-order valence-electron chi connectivity index (χ0n) is 13.4. The van der Waals surface area contributed by atoms with Crippen LogP contribution in [0, 0.1) is 10.1 Å². The van der Waals surface area contributed by atoms with Crippen molar-refractivity contribution in [3.05, 3.63) is 94.5 Å². The molecule has 6 nitrogen and oxygen atoms in total. The fourth-order valence-corrected chi connectivity index (χ4v) is 2.22. The van der Waals surface area contributed by atoms with Crippen molar-refractivity contribution in [3.63, 3.8) is 0 Å². The molecular formula is C19H17N3O3. The lowest BCUT2D eigenvalue weighted by molar-refractivity contribution is -0.384. The molecule has 0 saturated carbocycles. The molecule has 0 spiro atoms. The third kappa shape index (κ3) is 4.79. The highest BCUT2D eigenvalue weighted by atomic mass is 16.6. The zero-order valence-corrected chi connectivity index (χ0v) is 13.4. The Morgan fingerprint density at radius 3 is 2.04 bits per heavy atom. The highest BCUT2D eigenvalue weighted by Crippen LogP contribution is 2.24. The molecule has 0 bridgehead atoms. The number of para-hydroxylation sites is 1. The summed E-state index contributed by atoms with van der Waals surface area (Å²) in [6.07, 6.45) is 0. The molecule has 126 valence electrons. The predicted octanol–water partition coefficient (Wildman–Crippen LogP) is 4.50. The van der Waals surface area contributed by atoms with Gasteiger partial charge in [-0.1, -0.05) is 30.3 Å². The van der Waals surface area contributed by atoms with Gasteiger partial charge in [-0.05, 0) is 42.0 Å². The highest BCUT2D eigenvalue weighted by Gasteiger charge is 2.05. The number of hydrogen-bond acceptors (Lipinski definition) is 5. The molecule has 0 heterocycles. The first kappa shape index (κ1) is 16.5. The lowest BCUT2D eigenvalue weighted by Crippen LogP contribution is -2.20. The van der Waals surface area contributed by atoms with Crippen LogP contribution in [0.15, 0.2) is 78.9 Å². The van der Waals surface area contributed by atoms with Gasteiger partial charge in [-0.15, -0.1) is 0 Å². The molecule has 0 saturated heterocycles. The van der Waals surface area contributed by atoms with Crippen LogP contribution in [-0.2, 0) is 6.54 Å². The first-order valence-electron chi connectivity index (χ1n) is 7.76. The van der Waals surface area contributed by atoms with Crippen LogP contribution < -0.4 is 15.6 Å². The summed E-state index contributed by atoms with van der Waals surface area (Å²) in [5.74, 6) is 1.23. The van der Waals surface area contributed by atoms with Crippen molar-refractivity contribution in [1.29, 1.82) is 0 Å². The second kappa shape index (κ2) is 7.94. The maximum Gasteiger partial charge on any atom is 0.269 e. The number of nitrogens with one attached hydrogen (secondary N) is 2. The van der Waals surface area contributed by atoms with E-state index in [9.17, 15) is 10.1 Å². The van der Waals surface area contributed by atoms with E-state index in [0.717, 1.165) is 11.3 Å². The summed E-state index contributed by atoms with van der Waals surface area (Å²) < 4.78 is 5.68. The number of hydrogen-bond donors (Lipinski definition) is 2. The highest BCUT2D eigenvalue weighted by molar-refractivity contribution is 5.41. The molecule has 0 aliphatic heterocycles. The Balaban J connectivity index is 1.52. The normalized spacial score (nSPS) is 10.2. The molecule has 0 atom stereocenters. The zero-order chi connectivity index (χ0) is 17.5. The summed E-state index contributed by atoms with van der Waals surface area (Å²) in [7, 11) is 0. The van der Waals surface area contributed by atoms with E-state index in [1.54, 1.807) is 12.1 Å². The first-order valence-corrected chi connectivity index (χ1v) is 7.76. The summed E-state index contributed by atoms with van der Waals surface area (Å²) in [4.78, 5) is 10.2. The Morgan fingerprint density at radius 1 is 0.840 bits per heavy atom. The van der Waals surface area contributed by atoms with E-state index in [2.05, 4.69) is 10.9 Å². The lowest BCUT2D eigenvalue weighted by Gasteiger charge is -2.09. The summed E-state index contributed by atoms with van der Waals surface area (Å²) in [5.41, 5.74) is 8.41. The van der Waals surface area contributed by atoms with Crippen LogP contribution >= 0.6 is 0 Å². The Hall–Kier alpha value is -3.38. The second-order valence-electron chi connectivity index (χ2n) is 5.34.